The minimum Gasteiger partial charge on any atom is -0.292 e. The van der Waals surface area contributed by atoms with E-state index in [1.165, 1.54) is 0 Å². The van der Waals surface area contributed by atoms with Gasteiger partial charge in [-0.05, 0) is 11.8 Å². The number of rotatable bonds is 6. The fraction of sp³-hybridized carbons (Fsp3) is 0.889. The zero-order chi connectivity index (χ0) is 11.9. The molecule has 88 valence electrons. The quantitative estimate of drug-likeness (QED) is 0.556. The van der Waals surface area contributed by atoms with Crippen molar-refractivity contribution in [2.45, 2.75) is 32.9 Å². The van der Waals surface area contributed by atoms with Crippen molar-refractivity contribution in [3.63, 3.8) is 0 Å². The van der Waals surface area contributed by atoms with Crippen LogP contribution in [0.2, 0.25) is 0 Å². The maximum atomic E-state index is 11.7. The highest BCUT2D eigenvalue weighted by molar-refractivity contribution is 4.77. The van der Waals surface area contributed by atoms with E-state index in [0.29, 0.717) is 12.8 Å². The second-order valence-corrected chi connectivity index (χ2v) is 4.05. The molecule has 0 aromatic rings. The standard InChI is InChI=1S/C9H15F3N2O/c1-8(2,4-3-5-13)6-14-15-7-9(10,11)12/h14H,3-4,6-7H2,1-2H3. The Balaban J connectivity index is 3.62. The van der Waals surface area contributed by atoms with Crippen LogP contribution in [0.15, 0.2) is 0 Å². The summed E-state index contributed by atoms with van der Waals surface area (Å²) in [4.78, 5) is 4.26. The molecule has 0 aliphatic rings. The maximum absolute atomic E-state index is 11.7. The van der Waals surface area contributed by atoms with Crippen LogP contribution < -0.4 is 5.48 Å². The van der Waals surface area contributed by atoms with Crippen LogP contribution in [0, 0.1) is 16.7 Å². The van der Waals surface area contributed by atoms with Crippen molar-refractivity contribution in [3.05, 3.63) is 0 Å². The van der Waals surface area contributed by atoms with E-state index in [1.54, 1.807) is 0 Å². The van der Waals surface area contributed by atoms with Gasteiger partial charge in [-0.3, -0.25) is 4.84 Å². The molecule has 0 aliphatic heterocycles. The lowest BCUT2D eigenvalue weighted by molar-refractivity contribution is -0.191. The number of nitriles is 1. The van der Waals surface area contributed by atoms with Gasteiger partial charge in [0.15, 0.2) is 6.61 Å². The fourth-order valence-corrected chi connectivity index (χ4v) is 0.862. The summed E-state index contributed by atoms with van der Waals surface area (Å²) in [5, 5.41) is 8.36. The average molecular weight is 224 g/mol. The molecule has 1 N–H and O–H groups in total. The summed E-state index contributed by atoms with van der Waals surface area (Å²) >= 11 is 0. The average Bonchev–Trinajstić information content (AvgIpc) is 2.08. The fourth-order valence-electron chi connectivity index (χ4n) is 0.862. The number of hydrogen-bond donors (Lipinski definition) is 1. The highest BCUT2D eigenvalue weighted by Gasteiger charge is 2.28. The van der Waals surface area contributed by atoms with E-state index >= 15 is 0 Å². The first kappa shape index (κ1) is 14.2. The Labute approximate surface area is 87.2 Å². The molecule has 0 spiro atoms. The first-order valence-corrected chi connectivity index (χ1v) is 4.55. The molecule has 0 saturated carbocycles. The number of hydroxylamine groups is 1. The minimum absolute atomic E-state index is 0.249. The predicted molar refractivity (Wildman–Crippen MR) is 48.6 cm³/mol. The van der Waals surface area contributed by atoms with Gasteiger partial charge in [-0.2, -0.15) is 18.4 Å². The summed E-state index contributed by atoms with van der Waals surface area (Å²) in [6.07, 6.45) is -3.32. The molecule has 0 rings (SSSR count). The highest BCUT2D eigenvalue weighted by Crippen LogP contribution is 2.21. The van der Waals surface area contributed by atoms with E-state index in [4.69, 9.17) is 5.26 Å². The molecule has 0 heterocycles. The summed E-state index contributed by atoms with van der Waals surface area (Å²) < 4.78 is 35.0. The summed E-state index contributed by atoms with van der Waals surface area (Å²) in [5.41, 5.74) is 2.01. The SMILES string of the molecule is CC(C)(CCC#N)CNOCC(F)(F)F. The number of hydrogen-bond acceptors (Lipinski definition) is 3. The van der Waals surface area contributed by atoms with Crippen LogP contribution in [0.5, 0.6) is 0 Å². The van der Waals surface area contributed by atoms with E-state index in [9.17, 15) is 13.2 Å². The monoisotopic (exact) mass is 224 g/mol. The van der Waals surface area contributed by atoms with Crippen molar-refractivity contribution in [2.24, 2.45) is 5.41 Å². The van der Waals surface area contributed by atoms with Crippen molar-refractivity contribution in [1.29, 1.82) is 5.26 Å². The third kappa shape index (κ3) is 9.50. The molecular formula is C9H15F3N2O. The van der Waals surface area contributed by atoms with Crippen LogP contribution in [0.4, 0.5) is 13.2 Å². The van der Waals surface area contributed by atoms with Crippen LogP contribution in [0.1, 0.15) is 26.7 Å². The summed E-state index contributed by atoms with van der Waals surface area (Å²) in [6.45, 7) is 2.69. The van der Waals surface area contributed by atoms with Crippen molar-refractivity contribution in [2.75, 3.05) is 13.2 Å². The molecular weight excluding hydrogens is 209 g/mol. The van der Waals surface area contributed by atoms with Crippen LogP contribution >= 0.6 is 0 Å². The Morgan fingerprint density at radius 2 is 1.93 bits per heavy atom. The summed E-state index contributed by atoms with van der Waals surface area (Å²) in [6, 6.07) is 1.99. The molecule has 0 radical (unpaired) electrons. The Morgan fingerprint density at radius 3 is 2.40 bits per heavy atom. The van der Waals surface area contributed by atoms with Crippen LogP contribution in [0.3, 0.4) is 0 Å². The first-order valence-electron chi connectivity index (χ1n) is 4.55. The molecule has 0 saturated heterocycles. The second-order valence-electron chi connectivity index (χ2n) is 4.05. The Kier molecular flexibility index (Phi) is 5.61. The molecule has 0 bridgehead atoms. The van der Waals surface area contributed by atoms with Gasteiger partial charge in [0, 0.05) is 13.0 Å². The van der Waals surface area contributed by atoms with E-state index in [1.807, 2.05) is 19.9 Å². The van der Waals surface area contributed by atoms with Gasteiger partial charge in [0.05, 0.1) is 6.07 Å². The third-order valence-electron chi connectivity index (χ3n) is 1.80. The van der Waals surface area contributed by atoms with Gasteiger partial charge in [-0.25, -0.2) is 5.48 Å². The number of halogens is 3. The zero-order valence-electron chi connectivity index (χ0n) is 8.82. The summed E-state index contributed by atoms with van der Waals surface area (Å²) in [7, 11) is 0. The lowest BCUT2D eigenvalue weighted by atomic mass is 9.88. The van der Waals surface area contributed by atoms with Crippen LogP contribution in [-0.2, 0) is 4.84 Å². The lowest BCUT2D eigenvalue weighted by Gasteiger charge is -2.23. The normalized spacial score (nSPS) is 12.5. The van der Waals surface area contributed by atoms with Gasteiger partial charge in [-0.15, -0.1) is 0 Å². The van der Waals surface area contributed by atoms with E-state index < -0.39 is 12.8 Å². The number of nitrogens with zero attached hydrogens (tertiary/aromatic N) is 1. The molecule has 0 aromatic carbocycles. The van der Waals surface area contributed by atoms with E-state index in [2.05, 4.69) is 10.3 Å². The van der Waals surface area contributed by atoms with Crippen molar-refractivity contribution < 1.29 is 18.0 Å². The molecule has 0 amide bonds. The highest BCUT2D eigenvalue weighted by atomic mass is 19.4. The van der Waals surface area contributed by atoms with Gasteiger partial charge in [-0.1, -0.05) is 13.8 Å². The van der Waals surface area contributed by atoms with Crippen molar-refractivity contribution in [3.8, 4) is 6.07 Å². The third-order valence-corrected chi connectivity index (χ3v) is 1.80. The topological polar surface area (TPSA) is 45.0 Å². The summed E-state index contributed by atoms with van der Waals surface area (Å²) in [5.74, 6) is 0. The van der Waals surface area contributed by atoms with Gasteiger partial charge >= 0.3 is 6.18 Å². The Hall–Kier alpha value is -0.800. The molecule has 0 aromatic heterocycles. The Bertz CT molecular complexity index is 220. The largest absolute Gasteiger partial charge is 0.413 e. The van der Waals surface area contributed by atoms with E-state index in [-0.39, 0.29) is 12.0 Å². The molecule has 3 nitrogen and oxygen atoms in total. The smallest absolute Gasteiger partial charge is 0.292 e. The zero-order valence-corrected chi connectivity index (χ0v) is 8.82. The molecule has 0 atom stereocenters. The molecule has 6 heteroatoms. The maximum Gasteiger partial charge on any atom is 0.413 e. The van der Waals surface area contributed by atoms with E-state index in [0.717, 1.165) is 0 Å². The first-order chi connectivity index (χ1) is 6.77. The molecule has 0 unspecified atom stereocenters. The molecule has 0 fully saturated rings. The number of nitrogens with one attached hydrogen (secondary N) is 1. The number of alkyl halides is 3. The van der Waals surface area contributed by atoms with Gasteiger partial charge in [0.2, 0.25) is 0 Å². The van der Waals surface area contributed by atoms with Crippen LogP contribution in [-0.4, -0.2) is 19.3 Å². The lowest BCUT2D eigenvalue weighted by Crippen LogP contribution is -2.32. The second kappa shape index (κ2) is 5.93. The molecule has 0 aliphatic carbocycles. The predicted octanol–water partition coefficient (Wildman–Crippen LogP) is 2.40. The minimum atomic E-state index is -4.32. The van der Waals surface area contributed by atoms with Gasteiger partial charge < -0.3 is 0 Å². The Morgan fingerprint density at radius 1 is 1.33 bits per heavy atom. The van der Waals surface area contributed by atoms with Crippen molar-refractivity contribution in [1.82, 2.24) is 5.48 Å². The molecule has 15 heavy (non-hydrogen) atoms. The van der Waals surface area contributed by atoms with Gasteiger partial charge in [0.1, 0.15) is 0 Å². The van der Waals surface area contributed by atoms with Gasteiger partial charge in [0.25, 0.3) is 0 Å². The van der Waals surface area contributed by atoms with Crippen molar-refractivity contribution >= 4 is 0 Å². The van der Waals surface area contributed by atoms with Crippen LogP contribution in [0.25, 0.3) is 0 Å².